The Balaban J connectivity index is 3.13. The summed E-state index contributed by atoms with van der Waals surface area (Å²) in [5.41, 5.74) is 1.89. The first-order chi connectivity index (χ1) is 6.93. The van der Waals surface area contributed by atoms with Crippen LogP contribution >= 0.6 is 46.4 Å². The van der Waals surface area contributed by atoms with Gasteiger partial charge in [0.2, 0.25) is 0 Å². The molecule has 0 atom stereocenters. The molecule has 1 aromatic carbocycles. The Hall–Kier alpha value is 0.130. The van der Waals surface area contributed by atoms with Crippen molar-refractivity contribution < 1.29 is 4.74 Å². The second kappa shape index (κ2) is 5.46. The third-order valence-corrected chi connectivity index (χ3v) is 3.76. The summed E-state index contributed by atoms with van der Waals surface area (Å²) in [6.07, 6.45) is 0.0748. The maximum Gasteiger partial charge on any atom is 0.193 e. The van der Waals surface area contributed by atoms with E-state index < -0.39 is 0 Å². The molecule has 1 rings (SSSR count). The Bertz CT molecular complexity index is 390. The molecule has 0 radical (unpaired) electrons. The molecule has 0 amide bonds. The van der Waals surface area contributed by atoms with Crippen LogP contribution in [0.1, 0.15) is 25.0 Å². The van der Waals surface area contributed by atoms with Gasteiger partial charge in [0, 0.05) is 3.57 Å². The van der Waals surface area contributed by atoms with Crippen LogP contribution in [0, 0.1) is 10.5 Å². The number of halogens is 2. The van der Waals surface area contributed by atoms with E-state index in [1.807, 2.05) is 32.9 Å². The molecule has 4 heteroatoms. The van der Waals surface area contributed by atoms with Crippen LogP contribution in [-0.4, -0.2) is 11.2 Å². The molecule has 82 valence electrons. The average molecular weight is 355 g/mol. The minimum atomic E-state index is 0.0748. The van der Waals surface area contributed by atoms with E-state index in [0.717, 1.165) is 14.7 Å². The maximum atomic E-state index is 6.20. The van der Waals surface area contributed by atoms with Crippen molar-refractivity contribution in [2.75, 3.05) is 0 Å². The zero-order valence-electron chi connectivity index (χ0n) is 8.80. The van der Waals surface area contributed by atoms with Crippen molar-refractivity contribution in [3.63, 3.8) is 0 Å². The van der Waals surface area contributed by atoms with Gasteiger partial charge in [-0.25, -0.2) is 0 Å². The summed E-state index contributed by atoms with van der Waals surface area (Å²) in [6.45, 7) is 5.88. The Labute approximate surface area is 114 Å². The van der Waals surface area contributed by atoms with Gasteiger partial charge in [0.1, 0.15) is 0 Å². The van der Waals surface area contributed by atoms with Crippen molar-refractivity contribution in [3.8, 4) is 0 Å². The van der Waals surface area contributed by atoms with Gasteiger partial charge in [0.05, 0.1) is 16.7 Å². The molecule has 0 N–H and O–H groups in total. The fourth-order valence-electron chi connectivity index (χ4n) is 1.17. The molecule has 0 aliphatic rings. The minimum absolute atomic E-state index is 0.0748. The Kier molecular flexibility index (Phi) is 4.80. The Morgan fingerprint density at radius 2 is 2.07 bits per heavy atom. The predicted octanol–water partition coefficient (Wildman–Crippen LogP) is 4.35. The van der Waals surface area contributed by atoms with Crippen molar-refractivity contribution in [1.29, 1.82) is 0 Å². The van der Waals surface area contributed by atoms with E-state index in [0.29, 0.717) is 10.1 Å². The molecule has 0 aliphatic heterocycles. The summed E-state index contributed by atoms with van der Waals surface area (Å²) >= 11 is 13.6. The van der Waals surface area contributed by atoms with Gasteiger partial charge in [-0.3, -0.25) is 0 Å². The molecule has 1 aromatic rings. The van der Waals surface area contributed by atoms with Crippen LogP contribution in [0.25, 0.3) is 0 Å². The standard InChI is InChI=1S/C11H12ClIOS/c1-6(2)14-11(15)9-7(3)4-5-8(13)10(9)12/h4-6H,1-3H3. The second-order valence-electron chi connectivity index (χ2n) is 3.51. The first kappa shape index (κ1) is 13.2. The molecule has 0 aromatic heterocycles. The molecule has 0 saturated heterocycles. The molecule has 0 aliphatic carbocycles. The fraction of sp³-hybridized carbons (Fsp3) is 0.364. The van der Waals surface area contributed by atoms with Crippen molar-refractivity contribution in [2.24, 2.45) is 0 Å². The first-order valence-electron chi connectivity index (χ1n) is 4.59. The van der Waals surface area contributed by atoms with Gasteiger partial charge in [-0.1, -0.05) is 17.7 Å². The zero-order chi connectivity index (χ0) is 11.6. The number of aryl methyl sites for hydroxylation is 1. The van der Waals surface area contributed by atoms with Crippen LogP contribution in [0.15, 0.2) is 12.1 Å². The smallest absolute Gasteiger partial charge is 0.193 e. The van der Waals surface area contributed by atoms with E-state index in [2.05, 4.69) is 22.6 Å². The van der Waals surface area contributed by atoms with Gasteiger partial charge in [-0.2, -0.15) is 0 Å². The van der Waals surface area contributed by atoms with Gasteiger partial charge < -0.3 is 4.74 Å². The number of thiocarbonyl (C=S) groups is 1. The molecule has 0 heterocycles. The Morgan fingerprint density at radius 3 is 2.60 bits per heavy atom. The van der Waals surface area contributed by atoms with Crippen LogP contribution in [-0.2, 0) is 4.74 Å². The molecule has 0 fully saturated rings. The minimum Gasteiger partial charge on any atom is -0.480 e. The second-order valence-corrected chi connectivity index (χ2v) is 5.42. The third kappa shape index (κ3) is 3.29. The first-order valence-corrected chi connectivity index (χ1v) is 6.45. The van der Waals surface area contributed by atoms with E-state index >= 15 is 0 Å². The summed E-state index contributed by atoms with van der Waals surface area (Å²) in [6, 6.07) is 3.97. The molecule has 1 nitrogen and oxygen atoms in total. The van der Waals surface area contributed by atoms with Crippen molar-refractivity contribution in [3.05, 3.63) is 31.9 Å². The highest BCUT2D eigenvalue weighted by molar-refractivity contribution is 14.1. The third-order valence-electron chi connectivity index (χ3n) is 1.85. The van der Waals surface area contributed by atoms with Crippen LogP contribution in [0.5, 0.6) is 0 Å². The number of ether oxygens (including phenoxy) is 1. The molecule has 0 unspecified atom stereocenters. The number of hydrogen-bond acceptors (Lipinski definition) is 2. The van der Waals surface area contributed by atoms with Gasteiger partial charge in [-0.15, -0.1) is 0 Å². The summed E-state index contributed by atoms with van der Waals surface area (Å²) < 4.78 is 6.49. The maximum absolute atomic E-state index is 6.20. The average Bonchev–Trinajstić information content (AvgIpc) is 2.11. The Morgan fingerprint density at radius 1 is 1.47 bits per heavy atom. The highest BCUT2D eigenvalue weighted by Gasteiger charge is 2.14. The summed E-state index contributed by atoms with van der Waals surface area (Å²) in [7, 11) is 0. The summed E-state index contributed by atoms with van der Waals surface area (Å²) in [5, 5.41) is 1.16. The van der Waals surface area contributed by atoms with E-state index in [1.54, 1.807) is 0 Å². The van der Waals surface area contributed by atoms with E-state index in [4.69, 9.17) is 28.6 Å². The number of benzene rings is 1. The van der Waals surface area contributed by atoms with Crippen LogP contribution in [0.4, 0.5) is 0 Å². The van der Waals surface area contributed by atoms with Gasteiger partial charge >= 0.3 is 0 Å². The predicted molar refractivity (Wildman–Crippen MR) is 76.8 cm³/mol. The molecule has 0 bridgehead atoms. The van der Waals surface area contributed by atoms with Crippen molar-refractivity contribution in [2.45, 2.75) is 26.9 Å². The zero-order valence-corrected chi connectivity index (χ0v) is 12.5. The van der Waals surface area contributed by atoms with Crippen LogP contribution < -0.4 is 0 Å². The van der Waals surface area contributed by atoms with Crippen LogP contribution in [0.3, 0.4) is 0 Å². The topological polar surface area (TPSA) is 9.23 Å². The van der Waals surface area contributed by atoms with E-state index in [9.17, 15) is 0 Å². The van der Waals surface area contributed by atoms with Crippen LogP contribution in [0.2, 0.25) is 5.02 Å². The molecular weight excluding hydrogens is 343 g/mol. The van der Waals surface area contributed by atoms with Gasteiger partial charge in [0.25, 0.3) is 0 Å². The highest BCUT2D eigenvalue weighted by Crippen LogP contribution is 2.27. The lowest BCUT2D eigenvalue weighted by Crippen LogP contribution is -2.12. The highest BCUT2D eigenvalue weighted by atomic mass is 127. The molecule has 15 heavy (non-hydrogen) atoms. The van der Waals surface area contributed by atoms with E-state index in [1.165, 1.54) is 0 Å². The van der Waals surface area contributed by atoms with Gasteiger partial charge in [0.15, 0.2) is 5.05 Å². The molecular formula is C11H12ClIOS. The summed E-state index contributed by atoms with van der Waals surface area (Å²) in [4.78, 5) is 0. The normalized spacial score (nSPS) is 10.5. The molecule has 0 spiro atoms. The number of hydrogen-bond donors (Lipinski definition) is 0. The fourth-order valence-corrected chi connectivity index (χ4v) is 2.43. The van der Waals surface area contributed by atoms with Crippen molar-refractivity contribution >= 4 is 51.5 Å². The largest absolute Gasteiger partial charge is 0.480 e. The lowest BCUT2D eigenvalue weighted by molar-refractivity contribution is 0.236. The quantitative estimate of drug-likeness (QED) is 0.577. The van der Waals surface area contributed by atoms with Crippen molar-refractivity contribution in [1.82, 2.24) is 0 Å². The molecule has 0 saturated carbocycles. The number of rotatable bonds is 2. The monoisotopic (exact) mass is 354 g/mol. The van der Waals surface area contributed by atoms with Gasteiger partial charge in [-0.05, 0) is 67.2 Å². The summed E-state index contributed by atoms with van der Waals surface area (Å²) in [5.74, 6) is 0. The lowest BCUT2D eigenvalue weighted by atomic mass is 10.1. The SMILES string of the molecule is Cc1ccc(I)c(Cl)c1C(=S)OC(C)C. The lowest BCUT2D eigenvalue weighted by Gasteiger charge is -2.14. The van der Waals surface area contributed by atoms with E-state index in [-0.39, 0.29) is 6.10 Å².